The standard InChI is InChI=1S/C13H12FNO2S2/c1-18-10-4-2-3-9(14)12(10)13-15-8(7-19-13)5-6-11(16)17/h2-4,7H,5-6H2,1H3,(H,16,17). The number of benzene rings is 1. The first-order chi connectivity index (χ1) is 9.11. The second-order valence-electron chi connectivity index (χ2n) is 3.85. The number of rotatable bonds is 5. The summed E-state index contributed by atoms with van der Waals surface area (Å²) in [4.78, 5) is 15.7. The normalized spacial score (nSPS) is 10.6. The quantitative estimate of drug-likeness (QED) is 0.855. The van der Waals surface area contributed by atoms with Crippen molar-refractivity contribution in [3.05, 3.63) is 35.1 Å². The second kappa shape index (κ2) is 6.16. The highest BCUT2D eigenvalue weighted by Gasteiger charge is 2.14. The molecule has 0 amide bonds. The van der Waals surface area contributed by atoms with E-state index in [1.807, 2.05) is 12.3 Å². The summed E-state index contributed by atoms with van der Waals surface area (Å²) < 4.78 is 13.9. The molecule has 0 fully saturated rings. The molecule has 0 aliphatic rings. The van der Waals surface area contributed by atoms with E-state index < -0.39 is 5.97 Å². The molecule has 1 aromatic carbocycles. The van der Waals surface area contributed by atoms with Gasteiger partial charge >= 0.3 is 5.97 Å². The van der Waals surface area contributed by atoms with Crippen molar-refractivity contribution < 1.29 is 14.3 Å². The van der Waals surface area contributed by atoms with Crippen LogP contribution in [-0.4, -0.2) is 22.3 Å². The van der Waals surface area contributed by atoms with Gasteiger partial charge in [0.2, 0.25) is 0 Å². The fraction of sp³-hybridized carbons (Fsp3) is 0.231. The van der Waals surface area contributed by atoms with E-state index >= 15 is 0 Å². The summed E-state index contributed by atoms with van der Waals surface area (Å²) in [7, 11) is 0. The Labute approximate surface area is 118 Å². The van der Waals surface area contributed by atoms with Crippen molar-refractivity contribution in [3.63, 3.8) is 0 Å². The molecule has 0 saturated heterocycles. The summed E-state index contributed by atoms with van der Waals surface area (Å²) in [6.45, 7) is 0. The number of hydrogen-bond donors (Lipinski definition) is 1. The third-order valence-electron chi connectivity index (χ3n) is 2.56. The molecule has 1 aromatic heterocycles. The molecule has 0 bridgehead atoms. The zero-order valence-electron chi connectivity index (χ0n) is 10.2. The van der Waals surface area contributed by atoms with Crippen molar-refractivity contribution in [2.24, 2.45) is 0 Å². The third kappa shape index (κ3) is 3.33. The zero-order valence-corrected chi connectivity index (χ0v) is 11.9. The smallest absolute Gasteiger partial charge is 0.303 e. The summed E-state index contributed by atoms with van der Waals surface area (Å²) in [6, 6.07) is 4.93. The van der Waals surface area contributed by atoms with Crippen LogP contribution >= 0.6 is 23.1 Å². The van der Waals surface area contributed by atoms with Crippen molar-refractivity contribution >= 4 is 29.1 Å². The van der Waals surface area contributed by atoms with Crippen LogP contribution in [0.1, 0.15) is 12.1 Å². The van der Waals surface area contributed by atoms with Crippen molar-refractivity contribution in [1.82, 2.24) is 4.98 Å². The Kier molecular flexibility index (Phi) is 4.55. The second-order valence-corrected chi connectivity index (χ2v) is 5.56. The molecule has 1 heterocycles. The molecular weight excluding hydrogens is 285 g/mol. The first kappa shape index (κ1) is 14.0. The highest BCUT2D eigenvalue weighted by Crippen LogP contribution is 2.34. The third-order valence-corrected chi connectivity index (χ3v) is 4.24. The van der Waals surface area contributed by atoms with Gasteiger partial charge in [-0.25, -0.2) is 9.37 Å². The maximum Gasteiger partial charge on any atom is 0.303 e. The topological polar surface area (TPSA) is 50.2 Å². The number of aromatic nitrogens is 1. The van der Waals surface area contributed by atoms with Crippen LogP contribution in [0.25, 0.3) is 10.6 Å². The van der Waals surface area contributed by atoms with E-state index in [-0.39, 0.29) is 12.2 Å². The number of carbonyl (C=O) groups is 1. The molecule has 0 aliphatic heterocycles. The number of hydrogen-bond acceptors (Lipinski definition) is 4. The van der Waals surface area contributed by atoms with E-state index in [0.29, 0.717) is 22.7 Å². The molecule has 19 heavy (non-hydrogen) atoms. The lowest BCUT2D eigenvalue weighted by Gasteiger charge is -2.05. The first-order valence-electron chi connectivity index (χ1n) is 5.61. The molecule has 2 rings (SSSR count). The van der Waals surface area contributed by atoms with Gasteiger partial charge in [0.05, 0.1) is 17.7 Å². The molecule has 2 aromatic rings. The van der Waals surface area contributed by atoms with E-state index in [4.69, 9.17) is 5.11 Å². The summed E-state index contributed by atoms with van der Waals surface area (Å²) in [6.07, 6.45) is 2.29. The number of halogens is 1. The van der Waals surface area contributed by atoms with Crippen LogP contribution in [0.3, 0.4) is 0 Å². The van der Waals surface area contributed by atoms with E-state index in [1.165, 1.54) is 29.2 Å². The van der Waals surface area contributed by atoms with Gasteiger partial charge in [-0.1, -0.05) is 6.07 Å². The van der Waals surface area contributed by atoms with Gasteiger partial charge in [-0.05, 0) is 18.4 Å². The number of aliphatic carboxylic acids is 1. The highest BCUT2D eigenvalue weighted by molar-refractivity contribution is 7.98. The number of nitrogens with zero attached hydrogens (tertiary/aromatic N) is 1. The molecule has 1 N–H and O–H groups in total. The van der Waals surface area contributed by atoms with Crippen molar-refractivity contribution in [1.29, 1.82) is 0 Å². The minimum atomic E-state index is -0.856. The van der Waals surface area contributed by atoms with Gasteiger partial charge < -0.3 is 5.11 Å². The highest BCUT2D eigenvalue weighted by atomic mass is 32.2. The molecule has 0 saturated carbocycles. The van der Waals surface area contributed by atoms with Gasteiger partial charge in [-0.3, -0.25) is 4.79 Å². The average molecular weight is 297 g/mol. The number of carboxylic acid groups (broad SMARTS) is 1. The van der Waals surface area contributed by atoms with Crippen molar-refractivity contribution in [2.45, 2.75) is 17.7 Å². The van der Waals surface area contributed by atoms with E-state index in [9.17, 15) is 9.18 Å². The van der Waals surface area contributed by atoms with E-state index in [2.05, 4.69) is 4.98 Å². The summed E-state index contributed by atoms with van der Waals surface area (Å²) >= 11 is 2.81. The lowest BCUT2D eigenvalue weighted by molar-refractivity contribution is -0.136. The predicted molar refractivity (Wildman–Crippen MR) is 75.2 cm³/mol. The van der Waals surface area contributed by atoms with Crippen LogP contribution < -0.4 is 0 Å². The summed E-state index contributed by atoms with van der Waals surface area (Å²) in [5.74, 6) is -1.16. The molecule has 100 valence electrons. The number of carboxylic acids is 1. The number of thioether (sulfide) groups is 1. The van der Waals surface area contributed by atoms with Crippen LogP contribution in [0, 0.1) is 5.82 Å². The molecular formula is C13H12FNO2S2. The van der Waals surface area contributed by atoms with Crippen LogP contribution in [0.2, 0.25) is 0 Å². The maximum absolute atomic E-state index is 13.9. The molecule has 3 nitrogen and oxygen atoms in total. The lowest BCUT2D eigenvalue weighted by Crippen LogP contribution is -1.97. The largest absolute Gasteiger partial charge is 0.481 e. The van der Waals surface area contributed by atoms with Crippen molar-refractivity contribution in [2.75, 3.05) is 6.26 Å². The van der Waals surface area contributed by atoms with Crippen LogP contribution in [0.4, 0.5) is 4.39 Å². The molecule has 0 atom stereocenters. The average Bonchev–Trinajstić information content (AvgIpc) is 2.84. The Morgan fingerprint density at radius 1 is 1.53 bits per heavy atom. The fourth-order valence-corrected chi connectivity index (χ4v) is 3.24. The minimum absolute atomic E-state index is 0.0375. The first-order valence-corrected chi connectivity index (χ1v) is 7.71. The Morgan fingerprint density at radius 3 is 3.00 bits per heavy atom. The van der Waals surface area contributed by atoms with Gasteiger partial charge in [0.1, 0.15) is 10.8 Å². The summed E-state index contributed by atoms with van der Waals surface area (Å²) in [5, 5.41) is 11.0. The maximum atomic E-state index is 13.9. The number of aryl methyl sites for hydroxylation is 1. The monoisotopic (exact) mass is 297 g/mol. The van der Waals surface area contributed by atoms with Gasteiger partial charge in [0.15, 0.2) is 0 Å². The molecule has 0 radical (unpaired) electrons. The van der Waals surface area contributed by atoms with Crippen LogP contribution in [0.5, 0.6) is 0 Å². The van der Waals surface area contributed by atoms with Gasteiger partial charge in [0, 0.05) is 16.7 Å². The molecule has 0 spiro atoms. The molecule has 0 unspecified atom stereocenters. The minimum Gasteiger partial charge on any atom is -0.481 e. The Morgan fingerprint density at radius 2 is 2.32 bits per heavy atom. The lowest BCUT2D eigenvalue weighted by atomic mass is 10.2. The fourth-order valence-electron chi connectivity index (χ4n) is 1.65. The Bertz CT molecular complexity index is 598. The molecule has 0 aliphatic carbocycles. The SMILES string of the molecule is CSc1cccc(F)c1-c1nc(CCC(=O)O)cs1. The molecule has 6 heteroatoms. The van der Waals surface area contributed by atoms with Crippen molar-refractivity contribution in [3.8, 4) is 10.6 Å². The zero-order chi connectivity index (χ0) is 13.8. The Hall–Kier alpha value is -1.40. The Balaban J connectivity index is 2.30. The van der Waals surface area contributed by atoms with Crippen LogP contribution in [0.15, 0.2) is 28.5 Å². The van der Waals surface area contributed by atoms with Gasteiger partial charge in [0.25, 0.3) is 0 Å². The van der Waals surface area contributed by atoms with E-state index in [0.717, 1.165) is 4.90 Å². The van der Waals surface area contributed by atoms with Gasteiger partial charge in [-0.15, -0.1) is 23.1 Å². The van der Waals surface area contributed by atoms with E-state index in [1.54, 1.807) is 11.4 Å². The van der Waals surface area contributed by atoms with Gasteiger partial charge in [-0.2, -0.15) is 0 Å². The van der Waals surface area contributed by atoms with Crippen LogP contribution in [-0.2, 0) is 11.2 Å². The predicted octanol–water partition coefficient (Wildman–Crippen LogP) is 3.69. The number of thiazole rings is 1. The summed E-state index contributed by atoms with van der Waals surface area (Å²) in [5.41, 5.74) is 1.19.